The van der Waals surface area contributed by atoms with Gasteiger partial charge in [0.2, 0.25) is 0 Å². The molecule has 1 aliphatic carbocycles. The van der Waals surface area contributed by atoms with E-state index in [-0.39, 0.29) is 12.6 Å². The Morgan fingerprint density at radius 2 is 1.84 bits per heavy atom. The van der Waals surface area contributed by atoms with Gasteiger partial charge in [0.05, 0.1) is 5.41 Å². The molecule has 1 aliphatic rings. The van der Waals surface area contributed by atoms with Crippen molar-refractivity contribution in [2.45, 2.75) is 71.8 Å². The SMILES string of the molecule is CCC(C)(C)C(=O)OCC(=O)OC1(c2cccc(C)c2)CCCCC1. The lowest BCUT2D eigenvalue weighted by Crippen LogP contribution is -2.37. The number of esters is 2. The third-order valence-corrected chi connectivity index (χ3v) is 5.27. The Kier molecular flexibility index (Phi) is 6.26. The van der Waals surface area contributed by atoms with Gasteiger partial charge in [-0.25, -0.2) is 4.79 Å². The van der Waals surface area contributed by atoms with E-state index in [4.69, 9.17) is 9.47 Å². The molecule has 1 saturated carbocycles. The second kappa shape index (κ2) is 8.03. The fourth-order valence-electron chi connectivity index (χ4n) is 3.21. The molecule has 2 rings (SSSR count). The zero-order chi connectivity index (χ0) is 18.5. The van der Waals surface area contributed by atoms with Crippen LogP contribution in [-0.2, 0) is 24.7 Å². The van der Waals surface area contributed by atoms with Crippen molar-refractivity contribution < 1.29 is 19.1 Å². The zero-order valence-electron chi connectivity index (χ0n) is 15.9. The van der Waals surface area contributed by atoms with Gasteiger partial charge in [-0.3, -0.25) is 4.79 Å². The van der Waals surface area contributed by atoms with Crippen molar-refractivity contribution in [1.29, 1.82) is 0 Å². The lowest BCUT2D eigenvalue weighted by molar-refractivity contribution is -0.177. The highest BCUT2D eigenvalue weighted by Gasteiger charge is 2.38. The van der Waals surface area contributed by atoms with Crippen molar-refractivity contribution in [3.8, 4) is 0 Å². The number of ether oxygens (including phenoxy) is 2. The summed E-state index contributed by atoms with van der Waals surface area (Å²) in [4.78, 5) is 24.5. The molecular formula is C21H30O4. The third kappa shape index (κ3) is 4.83. The Morgan fingerprint density at radius 3 is 2.44 bits per heavy atom. The minimum Gasteiger partial charge on any atom is -0.453 e. The highest BCUT2D eigenvalue weighted by molar-refractivity contribution is 5.80. The smallest absolute Gasteiger partial charge is 0.345 e. The maximum atomic E-state index is 12.4. The summed E-state index contributed by atoms with van der Waals surface area (Å²) in [7, 11) is 0. The third-order valence-electron chi connectivity index (χ3n) is 5.27. The van der Waals surface area contributed by atoms with Crippen molar-refractivity contribution >= 4 is 11.9 Å². The van der Waals surface area contributed by atoms with Crippen LogP contribution in [0.1, 0.15) is 70.4 Å². The second-order valence-corrected chi connectivity index (χ2v) is 7.71. The summed E-state index contributed by atoms with van der Waals surface area (Å²) in [6, 6.07) is 8.15. The van der Waals surface area contributed by atoms with Crippen molar-refractivity contribution in [3.63, 3.8) is 0 Å². The van der Waals surface area contributed by atoms with Crippen LogP contribution in [0.3, 0.4) is 0 Å². The number of hydrogen-bond acceptors (Lipinski definition) is 4. The van der Waals surface area contributed by atoms with Gasteiger partial charge in [-0.05, 0) is 58.4 Å². The van der Waals surface area contributed by atoms with E-state index in [2.05, 4.69) is 6.07 Å². The molecule has 25 heavy (non-hydrogen) atoms. The van der Waals surface area contributed by atoms with Crippen LogP contribution in [0.4, 0.5) is 0 Å². The van der Waals surface area contributed by atoms with Crippen LogP contribution in [0.25, 0.3) is 0 Å². The molecule has 0 N–H and O–H groups in total. The summed E-state index contributed by atoms with van der Waals surface area (Å²) in [5.74, 6) is -0.830. The summed E-state index contributed by atoms with van der Waals surface area (Å²) >= 11 is 0. The fraction of sp³-hybridized carbons (Fsp3) is 0.619. The molecule has 0 spiro atoms. The highest BCUT2D eigenvalue weighted by Crippen LogP contribution is 2.41. The van der Waals surface area contributed by atoms with Crippen LogP contribution < -0.4 is 0 Å². The van der Waals surface area contributed by atoms with Gasteiger partial charge < -0.3 is 9.47 Å². The molecule has 1 aromatic carbocycles. The first-order chi connectivity index (χ1) is 11.8. The lowest BCUT2D eigenvalue weighted by Gasteiger charge is -2.37. The topological polar surface area (TPSA) is 52.6 Å². The Bertz CT molecular complexity index is 612. The maximum absolute atomic E-state index is 12.4. The van der Waals surface area contributed by atoms with Crippen molar-refractivity contribution in [1.82, 2.24) is 0 Å². The molecular weight excluding hydrogens is 316 g/mol. The van der Waals surface area contributed by atoms with Gasteiger partial charge in [-0.2, -0.15) is 0 Å². The van der Waals surface area contributed by atoms with E-state index >= 15 is 0 Å². The van der Waals surface area contributed by atoms with E-state index in [1.54, 1.807) is 0 Å². The predicted molar refractivity (Wildman–Crippen MR) is 97.1 cm³/mol. The number of carbonyl (C=O) groups excluding carboxylic acids is 2. The Morgan fingerprint density at radius 1 is 1.16 bits per heavy atom. The van der Waals surface area contributed by atoms with Crippen LogP contribution in [-0.4, -0.2) is 18.5 Å². The summed E-state index contributed by atoms with van der Waals surface area (Å²) in [5, 5.41) is 0. The van der Waals surface area contributed by atoms with E-state index in [1.165, 1.54) is 0 Å². The Labute approximate surface area is 150 Å². The first kappa shape index (κ1) is 19.5. The van der Waals surface area contributed by atoms with Gasteiger partial charge in [-0.15, -0.1) is 0 Å². The minimum atomic E-state index is -0.589. The quantitative estimate of drug-likeness (QED) is 0.702. The van der Waals surface area contributed by atoms with Gasteiger partial charge in [-0.1, -0.05) is 43.2 Å². The highest BCUT2D eigenvalue weighted by atomic mass is 16.6. The minimum absolute atomic E-state index is 0.324. The molecule has 0 amide bonds. The molecule has 0 atom stereocenters. The first-order valence-corrected chi connectivity index (χ1v) is 9.25. The van der Waals surface area contributed by atoms with E-state index in [9.17, 15) is 9.59 Å². The molecule has 0 unspecified atom stereocenters. The molecule has 1 aromatic rings. The number of carbonyl (C=O) groups is 2. The van der Waals surface area contributed by atoms with Crippen molar-refractivity contribution in [2.24, 2.45) is 5.41 Å². The number of hydrogen-bond donors (Lipinski definition) is 0. The molecule has 4 heteroatoms. The summed E-state index contributed by atoms with van der Waals surface area (Å²) in [5.41, 5.74) is 1.02. The van der Waals surface area contributed by atoms with E-state index in [1.807, 2.05) is 45.9 Å². The van der Waals surface area contributed by atoms with E-state index in [0.29, 0.717) is 6.42 Å². The molecule has 138 valence electrons. The average Bonchev–Trinajstić information content (AvgIpc) is 2.60. The second-order valence-electron chi connectivity index (χ2n) is 7.71. The zero-order valence-corrected chi connectivity index (χ0v) is 15.9. The normalized spacial score (nSPS) is 17.0. The fourth-order valence-corrected chi connectivity index (χ4v) is 3.21. The Hall–Kier alpha value is -1.84. The average molecular weight is 346 g/mol. The van der Waals surface area contributed by atoms with E-state index < -0.39 is 17.0 Å². The van der Waals surface area contributed by atoms with Crippen LogP contribution >= 0.6 is 0 Å². The van der Waals surface area contributed by atoms with Gasteiger partial charge in [0.1, 0.15) is 5.60 Å². The first-order valence-electron chi connectivity index (χ1n) is 9.25. The predicted octanol–water partition coefficient (Wildman–Crippen LogP) is 4.68. The van der Waals surface area contributed by atoms with Crippen LogP contribution in [0, 0.1) is 12.3 Å². The monoisotopic (exact) mass is 346 g/mol. The number of benzene rings is 1. The summed E-state index contributed by atoms with van der Waals surface area (Å²) in [6.07, 6.45) is 5.51. The molecule has 0 radical (unpaired) electrons. The van der Waals surface area contributed by atoms with E-state index in [0.717, 1.165) is 43.2 Å². The number of aryl methyl sites for hydroxylation is 1. The summed E-state index contributed by atoms with van der Waals surface area (Å²) in [6.45, 7) is 7.27. The van der Waals surface area contributed by atoms with Gasteiger partial charge >= 0.3 is 11.9 Å². The molecule has 0 heterocycles. The Balaban J connectivity index is 2.07. The molecule has 0 bridgehead atoms. The van der Waals surface area contributed by atoms with Crippen molar-refractivity contribution in [2.75, 3.05) is 6.61 Å². The largest absolute Gasteiger partial charge is 0.453 e. The molecule has 0 aromatic heterocycles. The molecule has 4 nitrogen and oxygen atoms in total. The lowest BCUT2D eigenvalue weighted by atomic mass is 9.79. The van der Waals surface area contributed by atoms with Gasteiger partial charge in [0.15, 0.2) is 6.61 Å². The standard InChI is InChI=1S/C21H30O4/c1-5-20(3,4)19(23)24-15-18(22)25-21(12-7-6-8-13-21)17-11-9-10-16(2)14-17/h9-11,14H,5-8,12-13,15H2,1-4H3. The maximum Gasteiger partial charge on any atom is 0.345 e. The van der Waals surface area contributed by atoms with Crippen LogP contribution in [0.15, 0.2) is 24.3 Å². The molecule has 1 fully saturated rings. The van der Waals surface area contributed by atoms with Crippen molar-refractivity contribution in [3.05, 3.63) is 35.4 Å². The molecule has 0 saturated heterocycles. The van der Waals surface area contributed by atoms with Gasteiger partial charge in [0, 0.05) is 0 Å². The summed E-state index contributed by atoms with van der Waals surface area (Å²) < 4.78 is 11.1. The number of rotatable bonds is 6. The van der Waals surface area contributed by atoms with Crippen LogP contribution in [0.5, 0.6) is 0 Å². The van der Waals surface area contributed by atoms with Crippen LogP contribution in [0.2, 0.25) is 0 Å². The molecule has 0 aliphatic heterocycles. The van der Waals surface area contributed by atoms with Gasteiger partial charge in [0.25, 0.3) is 0 Å².